The lowest BCUT2D eigenvalue weighted by atomic mass is 10.3. The van der Waals surface area contributed by atoms with Crippen LogP contribution in [0.15, 0.2) is 77.7 Å². The molecule has 3 aromatic carbocycles. The van der Waals surface area contributed by atoms with E-state index in [1.54, 1.807) is 42.5 Å². The van der Waals surface area contributed by atoms with Gasteiger partial charge in [-0.15, -0.1) is 0 Å². The predicted molar refractivity (Wildman–Crippen MR) is 144 cm³/mol. The first-order valence-corrected chi connectivity index (χ1v) is 13.4. The van der Waals surface area contributed by atoms with Gasteiger partial charge in [-0.05, 0) is 96.2 Å². The first-order chi connectivity index (χ1) is 17.2. The number of esters is 1. The van der Waals surface area contributed by atoms with Crippen LogP contribution in [-0.2, 0) is 24.3 Å². The minimum atomic E-state index is -3.78. The van der Waals surface area contributed by atoms with Crippen molar-refractivity contribution in [3.63, 3.8) is 0 Å². The fourth-order valence-electron chi connectivity index (χ4n) is 3.02. The molecular weight excluding hydrogens is 599 g/mol. The number of anilines is 2. The number of rotatable bonds is 11. The summed E-state index contributed by atoms with van der Waals surface area (Å²) in [6, 6.07) is 19.6. The van der Waals surface area contributed by atoms with Gasteiger partial charge in [-0.3, -0.25) is 9.10 Å². The smallest absolute Gasteiger partial charge is 0.344 e. The monoisotopic (exact) mass is 624 g/mol. The number of sulfonamides is 1. The van der Waals surface area contributed by atoms with Crippen molar-refractivity contribution in [3.8, 4) is 11.5 Å². The molecule has 0 bridgehead atoms. The van der Waals surface area contributed by atoms with Gasteiger partial charge in [0, 0.05) is 16.3 Å². The number of hydrogen-bond acceptors (Lipinski definition) is 7. The van der Waals surface area contributed by atoms with E-state index in [0.717, 1.165) is 7.88 Å². The number of carbonyl (C=O) groups excluding carboxylic acids is 2. The van der Waals surface area contributed by atoms with E-state index in [1.165, 1.54) is 31.3 Å². The molecule has 0 aromatic heterocycles. The third kappa shape index (κ3) is 7.59. The molecule has 0 heterocycles. The Morgan fingerprint density at radius 3 is 2.19 bits per heavy atom. The zero-order valence-corrected chi connectivity index (χ0v) is 22.6. The predicted octanol–water partition coefficient (Wildman–Crippen LogP) is 4.08. The Bertz CT molecular complexity index is 1300. The van der Waals surface area contributed by atoms with E-state index in [9.17, 15) is 18.0 Å². The quantitative estimate of drug-likeness (QED) is 0.253. The third-order valence-corrected chi connectivity index (χ3v) is 7.29. The molecule has 1 amide bonds. The Labute approximate surface area is 223 Å². The summed E-state index contributed by atoms with van der Waals surface area (Å²) in [6.45, 7) is 1.49. The molecule has 9 nitrogen and oxygen atoms in total. The van der Waals surface area contributed by atoms with Crippen LogP contribution >= 0.6 is 22.6 Å². The highest BCUT2D eigenvalue weighted by Gasteiger charge is 2.21. The zero-order valence-electron chi connectivity index (χ0n) is 19.6. The van der Waals surface area contributed by atoms with Crippen LogP contribution in [0.1, 0.15) is 6.92 Å². The maximum atomic E-state index is 12.9. The van der Waals surface area contributed by atoms with Gasteiger partial charge in [0.25, 0.3) is 15.9 Å². The summed E-state index contributed by atoms with van der Waals surface area (Å²) in [5, 5.41) is 2.64. The lowest BCUT2D eigenvalue weighted by molar-refractivity contribution is -0.149. The Balaban J connectivity index is 1.49. The Morgan fingerprint density at radius 2 is 1.56 bits per heavy atom. The van der Waals surface area contributed by atoms with E-state index < -0.39 is 35.1 Å². The molecule has 36 heavy (non-hydrogen) atoms. The van der Waals surface area contributed by atoms with Crippen LogP contribution in [0.2, 0.25) is 0 Å². The molecule has 0 spiro atoms. The van der Waals surface area contributed by atoms with Gasteiger partial charge < -0.3 is 19.5 Å². The number of halogens is 1. The van der Waals surface area contributed by atoms with Gasteiger partial charge in [0.1, 0.15) is 11.5 Å². The van der Waals surface area contributed by atoms with Crippen molar-refractivity contribution in [1.82, 2.24) is 0 Å². The highest BCUT2D eigenvalue weighted by Crippen LogP contribution is 2.25. The van der Waals surface area contributed by atoms with Gasteiger partial charge >= 0.3 is 5.97 Å². The maximum absolute atomic E-state index is 12.9. The summed E-state index contributed by atoms with van der Waals surface area (Å²) in [6.07, 6.45) is 0. The number of carbonyl (C=O) groups is 2. The Hall–Kier alpha value is -3.32. The van der Waals surface area contributed by atoms with E-state index in [0.29, 0.717) is 29.5 Å². The minimum Gasteiger partial charge on any atom is -0.494 e. The first kappa shape index (κ1) is 27.3. The summed E-state index contributed by atoms with van der Waals surface area (Å²) < 4.78 is 43.6. The Morgan fingerprint density at radius 1 is 0.917 bits per heavy atom. The van der Waals surface area contributed by atoms with Crippen molar-refractivity contribution in [3.05, 3.63) is 76.4 Å². The van der Waals surface area contributed by atoms with Gasteiger partial charge in [-0.2, -0.15) is 0 Å². The lowest BCUT2D eigenvalue weighted by Gasteiger charge is -2.20. The van der Waals surface area contributed by atoms with Crippen LogP contribution in [0.3, 0.4) is 0 Å². The second kappa shape index (κ2) is 12.6. The van der Waals surface area contributed by atoms with E-state index >= 15 is 0 Å². The van der Waals surface area contributed by atoms with Crippen LogP contribution in [0.25, 0.3) is 0 Å². The fraction of sp³-hybridized carbons (Fsp3) is 0.200. The second-order valence-corrected chi connectivity index (χ2v) is 10.6. The number of benzene rings is 3. The van der Waals surface area contributed by atoms with Gasteiger partial charge in [0.2, 0.25) is 0 Å². The summed E-state index contributed by atoms with van der Waals surface area (Å²) in [7, 11) is -2.33. The molecule has 1 N–H and O–H groups in total. The van der Waals surface area contributed by atoms with Gasteiger partial charge in [0.15, 0.2) is 13.2 Å². The molecule has 3 aromatic rings. The number of nitrogens with zero attached hydrogens (tertiary/aromatic N) is 1. The molecular formula is C25H25IN2O7S. The van der Waals surface area contributed by atoms with Gasteiger partial charge in [-0.1, -0.05) is 6.07 Å². The van der Waals surface area contributed by atoms with E-state index in [-0.39, 0.29) is 4.90 Å². The summed E-state index contributed by atoms with van der Waals surface area (Å²) in [5.74, 6) is -0.254. The molecule has 0 unspecified atom stereocenters. The van der Waals surface area contributed by atoms with Crippen LogP contribution < -0.4 is 19.1 Å². The summed E-state index contributed by atoms with van der Waals surface area (Å²) in [4.78, 5) is 24.0. The van der Waals surface area contributed by atoms with Gasteiger partial charge in [0.05, 0.1) is 17.2 Å². The Kier molecular flexibility index (Phi) is 9.53. The largest absolute Gasteiger partial charge is 0.494 e. The number of amides is 1. The molecule has 3 rings (SSSR count). The van der Waals surface area contributed by atoms with Crippen molar-refractivity contribution in [1.29, 1.82) is 0 Å². The van der Waals surface area contributed by atoms with Crippen molar-refractivity contribution < 1.29 is 32.2 Å². The van der Waals surface area contributed by atoms with Crippen LogP contribution in [0.5, 0.6) is 11.5 Å². The second-order valence-electron chi connectivity index (χ2n) is 7.38. The third-order valence-electron chi connectivity index (χ3n) is 4.82. The van der Waals surface area contributed by atoms with Crippen molar-refractivity contribution >= 4 is 55.9 Å². The number of nitrogens with one attached hydrogen (secondary N) is 1. The standard InChI is InChI=1S/C25H25IN2O7S/c1-3-33-21-11-13-23(14-12-21)36(31,32)28(2)20-7-9-22(10-8-20)34-17-25(30)35-16-24(29)27-19-6-4-5-18(26)15-19/h4-15H,3,16-17H2,1-2H3,(H,27,29). The SMILES string of the molecule is CCOc1ccc(S(=O)(=O)N(C)c2ccc(OCC(=O)OCC(=O)Nc3cccc(I)c3)cc2)cc1. The molecule has 11 heteroatoms. The van der Waals surface area contributed by atoms with Crippen LogP contribution in [-0.4, -0.2) is 47.2 Å². The topological polar surface area (TPSA) is 111 Å². The first-order valence-electron chi connectivity index (χ1n) is 10.8. The average molecular weight is 624 g/mol. The lowest BCUT2D eigenvalue weighted by Crippen LogP contribution is -2.26. The molecule has 0 aliphatic carbocycles. The van der Waals surface area contributed by atoms with Crippen molar-refractivity contribution in [2.75, 3.05) is 36.5 Å². The molecule has 0 saturated carbocycles. The molecule has 0 radical (unpaired) electrons. The normalized spacial score (nSPS) is 10.9. The van der Waals surface area contributed by atoms with E-state index in [4.69, 9.17) is 14.2 Å². The zero-order chi connectivity index (χ0) is 26.1. The van der Waals surface area contributed by atoms with Crippen LogP contribution in [0, 0.1) is 3.57 Å². The van der Waals surface area contributed by atoms with Crippen LogP contribution in [0.4, 0.5) is 11.4 Å². The summed E-state index contributed by atoms with van der Waals surface area (Å²) >= 11 is 2.13. The van der Waals surface area contributed by atoms with Crippen molar-refractivity contribution in [2.45, 2.75) is 11.8 Å². The number of hydrogen-bond donors (Lipinski definition) is 1. The molecule has 0 aliphatic rings. The molecule has 190 valence electrons. The molecule has 0 saturated heterocycles. The fourth-order valence-corrected chi connectivity index (χ4v) is 4.76. The molecule has 0 aliphatic heterocycles. The van der Waals surface area contributed by atoms with Gasteiger partial charge in [-0.25, -0.2) is 13.2 Å². The maximum Gasteiger partial charge on any atom is 0.344 e. The number of ether oxygens (including phenoxy) is 3. The summed E-state index contributed by atoms with van der Waals surface area (Å²) in [5.41, 5.74) is 1.01. The minimum absolute atomic E-state index is 0.127. The molecule has 0 atom stereocenters. The highest BCUT2D eigenvalue weighted by molar-refractivity contribution is 14.1. The van der Waals surface area contributed by atoms with Crippen molar-refractivity contribution in [2.24, 2.45) is 0 Å². The highest BCUT2D eigenvalue weighted by atomic mass is 127. The molecule has 0 fully saturated rings. The van der Waals surface area contributed by atoms with E-state index in [2.05, 4.69) is 27.9 Å². The van der Waals surface area contributed by atoms with E-state index in [1.807, 2.05) is 13.0 Å². The average Bonchev–Trinajstić information content (AvgIpc) is 2.86.